The first-order valence-electron chi connectivity index (χ1n) is 12.3. The number of fused-ring (bicyclic) bond motifs is 5. The molecule has 0 saturated heterocycles. The predicted molar refractivity (Wildman–Crippen MR) is 147 cm³/mol. The molecule has 1 aliphatic heterocycles. The van der Waals surface area contributed by atoms with Crippen molar-refractivity contribution in [3.05, 3.63) is 125 Å². The lowest BCUT2D eigenvalue weighted by Gasteiger charge is -2.41. The highest BCUT2D eigenvalue weighted by Gasteiger charge is 2.42. The van der Waals surface area contributed by atoms with Crippen LogP contribution in [0.1, 0.15) is 36.5 Å². The fraction of sp³-hybridized carbons (Fsp3) is 0.125. The molecule has 34 heavy (non-hydrogen) atoms. The summed E-state index contributed by atoms with van der Waals surface area (Å²) in [5.41, 5.74) is 12.1. The van der Waals surface area contributed by atoms with Crippen LogP contribution >= 0.6 is 0 Å². The third kappa shape index (κ3) is 2.51. The number of allylic oxidation sites excluding steroid dienone is 4. The Morgan fingerprint density at radius 2 is 1.50 bits per heavy atom. The molecule has 7 rings (SSSR count). The average molecular weight is 435 g/mol. The number of nitrogens with zero attached hydrogens (tertiary/aromatic N) is 1. The van der Waals surface area contributed by atoms with Crippen LogP contribution < -0.4 is 5.46 Å². The van der Waals surface area contributed by atoms with E-state index in [1.165, 1.54) is 60.8 Å². The van der Waals surface area contributed by atoms with Gasteiger partial charge in [-0.25, -0.2) is 0 Å². The van der Waals surface area contributed by atoms with Gasteiger partial charge in [0, 0.05) is 16.2 Å². The Kier molecular flexibility index (Phi) is 4.11. The number of hydrogen-bond acceptors (Lipinski definition) is 0. The molecule has 0 spiro atoms. The van der Waals surface area contributed by atoms with Crippen LogP contribution in [0.4, 0.5) is 0 Å². The second-order valence-corrected chi connectivity index (χ2v) is 9.90. The molecule has 1 nitrogen and oxygen atoms in total. The van der Waals surface area contributed by atoms with E-state index in [4.69, 9.17) is 0 Å². The molecule has 1 atom stereocenters. The fourth-order valence-electron chi connectivity index (χ4n) is 6.42. The van der Waals surface area contributed by atoms with Crippen LogP contribution in [0.3, 0.4) is 0 Å². The van der Waals surface area contributed by atoms with E-state index in [1.54, 1.807) is 0 Å². The first kappa shape index (κ1) is 19.7. The normalized spacial score (nSPS) is 19.1. The summed E-state index contributed by atoms with van der Waals surface area (Å²) < 4.78 is 2.50. The lowest BCUT2D eigenvalue weighted by Crippen LogP contribution is -2.33. The van der Waals surface area contributed by atoms with Crippen molar-refractivity contribution in [2.75, 3.05) is 0 Å². The average Bonchev–Trinajstić information content (AvgIpc) is 3.23. The highest BCUT2D eigenvalue weighted by atomic mass is 15.0. The SMILES string of the molecule is Bc1ccc(C2=C(C3(C)c4ccccc4-n4c5ccccc5c5cccc3c54)CCC=C2)cc1. The van der Waals surface area contributed by atoms with Gasteiger partial charge in [-0.3, -0.25) is 0 Å². The summed E-state index contributed by atoms with van der Waals surface area (Å²) in [6.07, 6.45) is 6.86. The molecule has 162 valence electrons. The van der Waals surface area contributed by atoms with Crippen molar-refractivity contribution in [3.63, 3.8) is 0 Å². The Balaban J connectivity index is 1.64. The molecule has 0 saturated carbocycles. The van der Waals surface area contributed by atoms with Crippen LogP contribution in [0.25, 0.3) is 33.1 Å². The molecule has 0 amide bonds. The maximum Gasteiger partial charge on any atom is 0.139 e. The third-order valence-corrected chi connectivity index (χ3v) is 8.05. The van der Waals surface area contributed by atoms with Gasteiger partial charge < -0.3 is 4.57 Å². The zero-order valence-corrected chi connectivity index (χ0v) is 19.7. The molecule has 0 fully saturated rings. The van der Waals surface area contributed by atoms with Crippen LogP contribution in [-0.2, 0) is 5.41 Å². The highest BCUT2D eigenvalue weighted by molar-refractivity contribution is 6.32. The van der Waals surface area contributed by atoms with Gasteiger partial charge in [0.15, 0.2) is 0 Å². The van der Waals surface area contributed by atoms with E-state index >= 15 is 0 Å². The zero-order valence-electron chi connectivity index (χ0n) is 19.7. The van der Waals surface area contributed by atoms with E-state index in [0.717, 1.165) is 12.8 Å². The maximum atomic E-state index is 2.50. The topological polar surface area (TPSA) is 4.93 Å². The van der Waals surface area contributed by atoms with Crippen LogP contribution in [0.2, 0.25) is 0 Å². The molecule has 2 aliphatic rings. The molecule has 1 aliphatic carbocycles. The van der Waals surface area contributed by atoms with Gasteiger partial charge in [-0.05, 0) is 59.7 Å². The molecule has 1 unspecified atom stereocenters. The van der Waals surface area contributed by atoms with Crippen molar-refractivity contribution < 1.29 is 0 Å². The monoisotopic (exact) mass is 435 g/mol. The lowest BCUT2D eigenvalue weighted by atomic mass is 9.64. The number of benzene rings is 4. The summed E-state index contributed by atoms with van der Waals surface area (Å²) in [4.78, 5) is 0. The van der Waals surface area contributed by atoms with Crippen molar-refractivity contribution >= 4 is 40.7 Å². The van der Waals surface area contributed by atoms with E-state index in [2.05, 4.69) is 122 Å². The van der Waals surface area contributed by atoms with Gasteiger partial charge in [-0.15, -0.1) is 0 Å². The minimum atomic E-state index is -0.203. The first-order chi connectivity index (χ1) is 16.7. The first-order valence-corrected chi connectivity index (χ1v) is 12.3. The second-order valence-electron chi connectivity index (χ2n) is 9.90. The Bertz CT molecular complexity index is 1670. The van der Waals surface area contributed by atoms with Crippen molar-refractivity contribution in [2.45, 2.75) is 25.2 Å². The molecular weight excluding hydrogens is 409 g/mol. The van der Waals surface area contributed by atoms with Crippen LogP contribution in [0.5, 0.6) is 0 Å². The molecule has 0 N–H and O–H groups in total. The Hall–Kier alpha value is -3.78. The third-order valence-electron chi connectivity index (χ3n) is 8.05. The van der Waals surface area contributed by atoms with E-state index in [1.807, 2.05) is 0 Å². The van der Waals surface area contributed by atoms with Crippen LogP contribution in [0, 0.1) is 0 Å². The van der Waals surface area contributed by atoms with E-state index in [0.29, 0.717) is 0 Å². The maximum absolute atomic E-state index is 2.50. The molecule has 1 aromatic heterocycles. The molecule has 2 heterocycles. The van der Waals surface area contributed by atoms with Crippen molar-refractivity contribution in [3.8, 4) is 5.69 Å². The summed E-state index contributed by atoms with van der Waals surface area (Å²) in [6, 6.07) is 33.9. The van der Waals surface area contributed by atoms with Crippen molar-refractivity contribution in [2.24, 2.45) is 0 Å². The van der Waals surface area contributed by atoms with Crippen molar-refractivity contribution in [1.29, 1.82) is 0 Å². The zero-order chi connectivity index (χ0) is 22.9. The van der Waals surface area contributed by atoms with Gasteiger partial charge in [-0.2, -0.15) is 0 Å². The Labute approximate surface area is 201 Å². The summed E-state index contributed by atoms with van der Waals surface area (Å²) in [7, 11) is 2.16. The van der Waals surface area contributed by atoms with Gasteiger partial charge >= 0.3 is 0 Å². The quantitative estimate of drug-likeness (QED) is 0.280. The molecule has 4 aromatic carbocycles. The summed E-state index contributed by atoms with van der Waals surface area (Å²) in [5, 5.41) is 2.67. The minimum Gasteiger partial charge on any atom is -0.309 e. The molecule has 5 aromatic rings. The largest absolute Gasteiger partial charge is 0.309 e. The Morgan fingerprint density at radius 1 is 0.765 bits per heavy atom. The molecule has 2 heteroatoms. The number of para-hydroxylation sites is 3. The van der Waals surface area contributed by atoms with Gasteiger partial charge in [-0.1, -0.05) is 96.5 Å². The Morgan fingerprint density at radius 3 is 2.38 bits per heavy atom. The number of hydrogen-bond donors (Lipinski definition) is 0. The number of aromatic nitrogens is 1. The van der Waals surface area contributed by atoms with Crippen molar-refractivity contribution in [1.82, 2.24) is 4.57 Å². The molecule has 0 radical (unpaired) electrons. The van der Waals surface area contributed by atoms with Gasteiger partial charge in [0.1, 0.15) is 7.85 Å². The van der Waals surface area contributed by atoms with E-state index in [-0.39, 0.29) is 5.41 Å². The van der Waals surface area contributed by atoms with Crippen LogP contribution in [0.15, 0.2) is 109 Å². The van der Waals surface area contributed by atoms with Gasteiger partial charge in [0.25, 0.3) is 0 Å². The smallest absolute Gasteiger partial charge is 0.139 e. The lowest BCUT2D eigenvalue weighted by molar-refractivity contribution is 0.628. The summed E-state index contributed by atoms with van der Waals surface area (Å²) in [5.74, 6) is 0. The standard InChI is InChI=1S/C32H26BN/c1-32(26-12-4-2-9-23(26)21-17-19-22(33)20-18-21)27-13-5-7-16-30(27)34-29-15-6-3-10-24(29)25-11-8-14-28(32)31(25)34/h2-3,5-11,13-20H,4,12,33H2,1H3. The van der Waals surface area contributed by atoms with E-state index < -0.39 is 0 Å². The number of rotatable bonds is 2. The predicted octanol–water partition coefficient (Wildman–Crippen LogP) is 6.47. The van der Waals surface area contributed by atoms with Gasteiger partial charge in [0.05, 0.1) is 16.7 Å². The minimum absolute atomic E-state index is 0.203. The molecule has 0 bridgehead atoms. The van der Waals surface area contributed by atoms with E-state index in [9.17, 15) is 0 Å². The van der Waals surface area contributed by atoms with Gasteiger partial charge in [0.2, 0.25) is 0 Å². The summed E-state index contributed by atoms with van der Waals surface area (Å²) in [6.45, 7) is 2.46. The summed E-state index contributed by atoms with van der Waals surface area (Å²) >= 11 is 0. The second kappa shape index (κ2) is 7.11. The molecular formula is C32H26BN. The van der Waals surface area contributed by atoms with Crippen LogP contribution in [-0.4, -0.2) is 12.4 Å². The highest BCUT2D eigenvalue weighted by Crippen LogP contribution is 2.53. The fourth-order valence-corrected chi connectivity index (χ4v) is 6.42.